The van der Waals surface area contributed by atoms with E-state index in [0.717, 1.165) is 16.9 Å². The van der Waals surface area contributed by atoms with Crippen LogP contribution < -0.4 is 5.32 Å². The number of aromatic nitrogens is 2. The number of aryl methyl sites for hydroxylation is 1. The van der Waals surface area contributed by atoms with E-state index in [-0.39, 0.29) is 5.91 Å². The van der Waals surface area contributed by atoms with Gasteiger partial charge >= 0.3 is 0 Å². The molecule has 0 atom stereocenters. The molecule has 5 nitrogen and oxygen atoms in total. The minimum absolute atomic E-state index is 0.126. The lowest BCUT2D eigenvalue weighted by molar-refractivity contribution is -0.130. The predicted octanol–water partition coefficient (Wildman–Crippen LogP) is 1.14. The molecule has 1 amide bonds. The molecular weight excluding hydrogens is 240 g/mol. The van der Waals surface area contributed by atoms with Gasteiger partial charge in [-0.1, -0.05) is 12.1 Å². The number of amides is 1. The van der Waals surface area contributed by atoms with E-state index >= 15 is 0 Å². The molecule has 102 valence electrons. The van der Waals surface area contributed by atoms with E-state index in [0.29, 0.717) is 19.5 Å². The lowest BCUT2D eigenvalue weighted by atomic mass is 10.3. The summed E-state index contributed by atoms with van der Waals surface area (Å²) >= 11 is 0. The Hall–Kier alpha value is -1.88. The highest BCUT2D eigenvalue weighted by molar-refractivity contribution is 5.77. The zero-order chi connectivity index (χ0) is 13.8. The lowest BCUT2D eigenvalue weighted by Gasteiger charge is -2.16. The molecule has 0 spiro atoms. The molecule has 1 N–H and O–H groups in total. The smallest absolute Gasteiger partial charge is 0.223 e. The van der Waals surface area contributed by atoms with Crippen LogP contribution >= 0.6 is 0 Å². The Kier molecular flexibility index (Phi) is 4.16. The topological polar surface area (TPSA) is 50.2 Å². The molecule has 0 aliphatic heterocycles. The van der Waals surface area contributed by atoms with Gasteiger partial charge in [0.2, 0.25) is 5.91 Å². The zero-order valence-electron chi connectivity index (χ0n) is 11.7. The summed E-state index contributed by atoms with van der Waals surface area (Å²) in [6.07, 6.45) is 0.511. The summed E-state index contributed by atoms with van der Waals surface area (Å²) in [4.78, 5) is 18.2. The van der Waals surface area contributed by atoms with E-state index in [1.165, 1.54) is 0 Å². The first-order valence-corrected chi connectivity index (χ1v) is 6.42. The third kappa shape index (κ3) is 2.93. The molecule has 0 radical (unpaired) electrons. The van der Waals surface area contributed by atoms with Crippen LogP contribution in [0, 0.1) is 0 Å². The molecule has 1 aromatic heterocycles. The van der Waals surface area contributed by atoms with E-state index in [1.54, 1.807) is 4.90 Å². The van der Waals surface area contributed by atoms with E-state index in [9.17, 15) is 4.79 Å². The van der Waals surface area contributed by atoms with Gasteiger partial charge in [-0.3, -0.25) is 4.79 Å². The van der Waals surface area contributed by atoms with Crippen LogP contribution in [0.1, 0.15) is 12.2 Å². The van der Waals surface area contributed by atoms with Crippen molar-refractivity contribution in [1.82, 2.24) is 19.8 Å². The van der Waals surface area contributed by atoms with Crippen molar-refractivity contribution in [3.8, 4) is 0 Å². The maximum absolute atomic E-state index is 11.9. The number of nitrogens with one attached hydrogen (secondary N) is 1. The summed E-state index contributed by atoms with van der Waals surface area (Å²) in [5.74, 6) is 1.03. The first kappa shape index (κ1) is 13.5. The highest BCUT2D eigenvalue weighted by Crippen LogP contribution is 2.15. The second-order valence-electron chi connectivity index (χ2n) is 4.68. The first-order valence-electron chi connectivity index (χ1n) is 6.42. The minimum Gasteiger partial charge on any atom is -0.338 e. The summed E-state index contributed by atoms with van der Waals surface area (Å²) in [6.45, 7) is 1.24. The van der Waals surface area contributed by atoms with E-state index in [1.807, 2.05) is 50.0 Å². The van der Waals surface area contributed by atoms with Crippen molar-refractivity contribution >= 4 is 16.9 Å². The molecule has 2 rings (SSSR count). The standard InChI is InChI=1S/C14H20N4O/c1-15-9-8-14(19)17(2)10-13-16-11-6-4-5-7-12(11)18(13)3/h4-7,15H,8-10H2,1-3H3. The monoisotopic (exact) mass is 260 g/mol. The molecule has 0 aliphatic carbocycles. The van der Waals surface area contributed by atoms with Gasteiger partial charge in [0, 0.05) is 27.1 Å². The molecule has 1 aromatic carbocycles. The Bertz CT molecular complexity index is 576. The van der Waals surface area contributed by atoms with E-state index in [4.69, 9.17) is 0 Å². The number of benzene rings is 1. The average Bonchev–Trinajstić information content (AvgIpc) is 2.73. The van der Waals surface area contributed by atoms with Gasteiger partial charge in [-0.2, -0.15) is 0 Å². The number of imidazole rings is 1. The second-order valence-corrected chi connectivity index (χ2v) is 4.68. The van der Waals surface area contributed by atoms with Crippen molar-refractivity contribution in [3.05, 3.63) is 30.1 Å². The Morgan fingerprint density at radius 2 is 2.16 bits per heavy atom. The lowest BCUT2D eigenvalue weighted by Crippen LogP contribution is -2.29. The van der Waals surface area contributed by atoms with Crippen molar-refractivity contribution in [2.24, 2.45) is 7.05 Å². The number of hydrogen-bond donors (Lipinski definition) is 1. The highest BCUT2D eigenvalue weighted by atomic mass is 16.2. The van der Waals surface area contributed by atoms with Gasteiger partial charge in [0.15, 0.2) is 0 Å². The minimum atomic E-state index is 0.126. The molecule has 0 saturated carbocycles. The maximum Gasteiger partial charge on any atom is 0.223 e. The zero-order valence-corrected chi connectivity index (χ0v) is 11.7. The van der Waals surface area contributed by atoms with Gasteiger partial charge in [0.25, 0.3) is 0 Å². The van der Waals surface area contributed by atoms with Crippen LogP contribution in [-0.4, -0.2) is 41.0 Å². The van der Waals surface area contributed by atoms with Gasteiger partial charge < -0.3 is 14.8 Å². The van der Waals surface area contributed by atoms with Crippen molar-refractivity contribution < 1.29 is 4.79 Å². The van der Waals surface area contributed by atoms with Gasteiger partial charge in [-0.25, -0.2) is 4.98 Å². The fourth-order valence-corrected chi connectivity index (χ4v) is 2.06. The largest absolute Gasteiger partial charge is 0.338 e. The van der Waals surface area contributed by atoms with Gasteiger partial charge in [-0.05, 0) is 19.2 Å². The SMILES string of the molecule is CNCCC(=O)N(C)Cc1nc2ccccc2n1C. The van der Waals surface area contributed by atoms with Crippen molar-refractivity contribution in [3.63, 3.8) is 0 Å². The van der Waals surface area contributed by atoms with Crippen LogP contribution in [0.2, 0.25) is 0 Å². The third-order valence-electron chi connectivity index (χ3n) is 3.27. The number of para-hydroxylation sites is 2. The Balaban J connectivity index is 2.12. The predicted molar refractivity (Wildman–Crippen MR) is 75.7 cm³/mol. The molecule has 0 unspecified atom stereocenters. The summed E-state index contributed by atoms with van der Waals surface area (Å²) in [5.41, 5.74) is 2.06. The van der Waals surface area contributed by atoms with E-state index < -0.39 is 0 Å². The van der Waals surface area contributed by atoms with Crippen LogP contribution in [0.5, 0.6) is 0 Å². The van der Waals surface area contributed by atoms with Crippen molar-refractivity contribution in [2.45, 2.75) is 13.0 Å². The molecule has 19 heavy (non-hydrogen) atoms. The molecule has 1 heterocycles. The van der Waals surface area contributed by atoms with Gasteiger partial charge in [-0.15, -0.1) is 0 Å². The van der Waals surface area contributed by atoms with Crippen molar-refractivity contribution in [2.75, 3.05) is 20.6 Å². The number of carbonyl (C=O) groups is 1. The van der Waals surface area contributed by atoms with Crippen molar-refractivity contribution in [1.29, 1.82) is 0 Å². The van der Waals surface area contributed by atoms with Crippen LogP contribution in [0.25, 0.3) is 11.0 Å². The Labute approximate surface area is 113 Å². The fourth-order valence-electron chi connectivity index (χ4n) is 2.06. The summed E-state index contributed by atoms with van der Waals surface area (Å²) in [7, 11) is 5.65. The average molecular weight is 260 g/mol. The maximum atomic E-state index is 11.9. The molecule has 0 aliphatic rings. The summed E-state index contributed by atoms with van der Waals surface area (Å²) < 4.78 is 2.04. The molecule has 5 heteroatoms. The molecule has 0 saturated heterocycles. The molecular formula is C14H20N4O. The van der Waals surface area contributed by atoms with Crippen LogP contribution in [0.15, 0.2) is 24.3 Å². The van der Waals surface area contributed by atoms with Crippen LogP contribution in [0.4, 0.5) is 0 Å². The second kappa shape index (κ2) is 5.84. The molecule has 0 fully saturated rings. The number of hydrogen-bond acceptors (Lipinski definition) is 3. The first-order chi connectivity index (χ1) is 9.13. The third-order valence-corrected chi connectivity index (χ3v) is 3.27. The number of rotatable bonds is 5. The number of carbonyl (C=O) groups excluding carboxylic acids is 1. The quantitative estimate of drug-likeness (QED) is 0.877. The molecule has 0 bridgehead atoms. The fraction of sp³-hybridized carbons (Fsp3) is 0.429. The normalized spacial score (nSPS) is 10.9. The Morgan fingerprint density at radius 1 is 1.42 bits per heavy atom. The van der Waals surface area contributed by atoms with Crippen LogP contribution in [0.3, 0.4) is 0 Å². The Morgan fingerprint density at radius 3 is 2.84 bits per heavy atom. The van der Waals surface area contributed by atoms with Gasteiger partial charge in [0.1, 0.15) is 5.82 Å². The van der Waals surface area contributed by atoms with Gasteiger partial charge in [0.05, 0.1) is 17.6 Å². The highest BCUT2D eigenvalue weighted by Gasteiger charge is 2.13. The van der Waals surface area contributed by atoms with E-state index in [2.05, 4.69) is 10.3 Å². The summed E-state index contributed by atoms with van der Waals surface area (Å²) in [5, 5.41) is 2.98. The summed E-state index contributed by atoms with van der Waals surface area (Å²) in [6, 6.07) is 7.99. The molecule has 2 aromatic rings. The van der Waals surface area contributed by atoms with Crippen LogP contribution in [-0.2, 0) is 18.4 Å². The number of nitrogens with zero attached hydrogens (tertiary/aromatic N) is 3. The number of fused-ring (bicyclic) bond motifs is 1.